The van der Waals surface area contributed by atoms with E-state index in [1.165, 1.54) is 51.4 Å². The second-order valence-corrected chi connectivity index (χ2v) is 7.09. The van der Waals surface area contributed by atoms with Crippen LogP contribution in [0.4, 0.5) is 0 Å². The van der Waals surface area contributed by atoms with Crippen LogP contribution in [0.25, 0.3) is 11.0 Å². The summed E-state index contributed by atoms with van der Waals surface area (Å²) in [7, 11) is -2.01. The van der Waals surface area contributed by atoms with Gasteiger partial charge in [0, 0.05) is 37.3 Å². The Morgan fingerprint density at radius 3 is 2.35 bits per heavy atom. The van der Waals surface area contributed by atoms with Crippen molar-refractivity contribution in [2.45, 2.75) is 11.8 Å². The number of hydrogen-bond donors (Lipinski definition) is 0. The minimum atomic E-state index is -4.53. The van der Waals surface area contributed by atoms with E-state index in [2.05, 4.69) is 0 Å². The molecule has 0 aliphatic heterocycles. The van der Waals surface area contributed by atoms with Crippen molar-refractivity contribution >= 4 is 21.1 Å². The van der Waals surface area contributed by atoms with Crippen molar-refractivity contribution in [1.82, 2.24) is 9.13 Å². The number of benzene rings is 1. The van der Waals surface area contributed by atoms with Crippen LogP contribution < -0.4 is 21.1 Å². The molecule has 0 N–H and O–H groups in total. The zero-order chi connectivity index (χ0) is 19.2. The Balaban J connectivity index is 2.15. The lowest BCUT2D eigenvalue weighted by molar-refractivity contribution is 0.477. The van der Waals surface area contributed by atoms with Crippen molar-refractivity contribution in [2.24, 2.45) is 14.1 Å². The van der Waals surface area contributed by atoms with Gasteiger partial charge in [-0.2, -0.15) is 8.42 Å². The summed E-state index contributed by atoms with van der Waals surface area (Å²) in [5, 5.41) is 0.573. The van der Waals surface area contributed by atoms with Gasteiger partial charge in [0.15, 0.2) is 4.90 Å². The van der Waals surface area contributed by atoms with E-state index in [1.807, 2.05) is 0 Å². The van der Waals surface area contributed by atoms with Crippen LogP contribution in [-0.2, 0) is 24.2 Å². The van der Waals surface area contributed by atoms with E-state index in [9.17, 15) is 22.8 Å². The highest BCUT2D eigenvalue weighted by atomic mass is 32.2. The molecule has 0 aliphatic carbocycles. The second-order valence-electron chi connectivity index (χ2n) is 5.61. The van der Waals surface area contributed by atoms with Crippen LogP contribution in [0.15, 0.2) is 54.0 Å². The Morgan fingerprint density at radius 1 is 1.00 bits per heavy atom. The van der Waals surface area contributed by atoms with Gasteiger partial charge in [-0.3, -0.25) is 13.9 Å². The predicted molar refractivity (Wildman–Crippen MR) is 92.0 cm³/mol. The maximum atomic E-state index is 12.6. The third kappa shape index (κ3) is 2.84. The molecule has 2 aromatic heterocycles. The zero-order valence-corrected chi connectivity index (χ0v) is 14.9. The molecule has 0 radical (unpaired) electrons. The number of aromatic nitrogens is 2. The fourth-order valence-corrected chi connectivity index (χ4v) is 3.75. The van der Waals surface area contributed by atoms with Gasteiger partial charge < -0.3 is 8.60 Å². The smallest absolute Gasteiger partial charge is 0.346 e. The summed E-state index contributed by atoms with van der Waals surface area (Å²) in [5.74, 6) is -0.137. The van der Waals surface area contributed by atoms with Crippen molar-refractivity contribution in [3.63, 3.8) is 0 Å². The van der Waals surface area contributed by atoms with Crippen molar-refractivity contribution in [1.29, 1.82) is 0 Å². The van der Waals surface area contributed by atoms with Gasteiger partial charge in [0.1, 0.15) is 11.3 Å². The van der Waals surface area contributed by atoms with Gasteiger partial charge in [0.25, 0.3) is 5.56 Å². The Labute approximate surface area is 146 Å². The normalized spacial score (nSPS) is 11.7. The summed E-state index contributed by atoms with van der Waals surface area (Å²) >= 11 is 0. The van der Waals surface area contributed by atoms with Crippen LogP contribution >= 0.6 is 0 Å². The largest absolute Gasteiger partial charge is 0.423 e. The van der Waals surface area contributed by atoms with Crippen LogP contribution in [0.2, 0.25) is 0 Å². The maximum Gasteiger partial charge on any atom is 0.346 e. The van der Waals surface area contributed by atoms with Gasteiger partial charge in [-0.1, -0.05) is 0 Å². The molecule has 3 aromatic rings. The van der Waals surface area contributed by atoms with Gasteiger partial charge in [-0.05, 0) is 25.1 Å². The molecule has 2 heterocycles. The van der Waals surface area contributed by atoms with Crippen molar-refractivity contribution in [2.75, 3.05) is 0 Å². The number of nitrogens with zero attached hydrogens (tertiary/aromatic N) is 2. The average molecular weight is 378 g/mol. The molecule has 0 spiro atoms. The van der Waals surface area contributed by atoms with Gasteiger partial charge in [0.2, 0.25) is 0 Å². The minimum absolute atomic E-state index is 0.0505. The van der Waals surface area contributed by atoms with Crippen molar-refractivity contribution < 1.29 is 17.0 Å². The topological polar surface area (TPSA) is 118 Å². The standard InChI is InChI=1S/C16H14N2O7S/c1-9-14(15(20)18(3)16(21)17(9)2)26(22,23)25-11-6-4-10-5-7-13(19)24-12(10)8-11/h4-8H,1-3H3. The van der Waals surface area contributed by atoms with E-state index < -0.39 is 31.9 Å². The highest BCUT2D eigenvalue weighted by Gasteiger charge is 2.27. The van der Waals surface area contributed by atoms with E-state index in [1.54, 1.807) is 0 Å². The lowest BCUT2D eigenvalue weighted by atomic mass is 10.2. The SMILES string of the molecule is Cc1c(S(=O)(=O)Oc2ccc3ccc(=O)oc3c2)c(=O)n(C)c(=O)n1C. The summed E-state index contributed by atoms with van der Waals surface area (Å²) < 4.78 is 37.0. The fourth-order valence-electron chi connectivity index (χ4n) is 2.46. The quantitative estimate of drug-likeness (QED) is 0.474. The van der Waals surface area contributed by atoms with Gasteiger partial charge in [-0.15, -0.1) is 0 Å². The van der Waals surface area contributed by atoms with Gasteiger partial charge in [0.05, 0.1) is 0 Å². The summed E-state index contributed by atoms with van der Waals surface area (Å²) in [6, 6.07) is 6.86. The van der Waals surface area contributed by atoms with E-state index in [4.69, 9.17) is 8.60 Å². The first-order valence-corrected chi connectivity index (χ1v) is 8.77. The summed E-state index contributed by atoms with van der Waals surface area (Å²) in [6.45, 7) is 1.33. The minimum Gasteiger partial charge on any atom is -0.423 e. The summed E-state index contributed by atoms with van der Waals surface area (Å²) in [5.41, 5.74) is -2.15. The molecule has 0 aliphatic rings. The van der Waals surface area contributed by atoms with E-state index in [0.29, 0.717) is 9.95 Å². The van der Waals surface area contributed by atoms with E-state index in [-0.39, 0.29) is 17.0 Å². The number of fused-ring (bicyclic) bond motifs is 1. The molecule has 0 amide bonds. The lowest BCUT2D eigenvalue weighted by Gasteiger charge is -2.13. The second kappa shape index (κ2) is 5.99. The molecule has 0 unspecified atom stereocenters. The van der Waals surface area contributed by atoms with Crippen molar-refractivity contribution in [3.8, 4) is 5.75 Å². The Morgan fingerprint density at radius 2 is 1.65 bits per heavy atom. The Bertz CT molecular complexity index is 1310. The van der Waals surface area contributed by atoms with Crippen LogP contribution in [0.5, 0.6) is 5.75 Å². The molecular weight excluding hydrogens is 364 g/mol. The summed E-state index contributed by atoms with van der Waals surface area (Å²) in [6.07, 6.45) is 0. The Kier molecular flexibility index (Phi) is 4.07. The first-order valence-electron chi connectivity index (χ1n) is 7.37. The highest BCUT2D eigenvalue weighted by molar-refractivity contribution is 7.87. The monoisotopic (exact) mass is 378 g/mol. The predicted octanol–water partition coefficient (Wildman–Crippen LogP) is 0.267. The lowest BCUT2D eigenvalue weighted by Crippen LogP contribution is -2.41. The van der Waals surface area contributed by atoms with E-state index in [0.717, 1.165) is 4.57 Å². The van der Waals surface area contributed by atoms with Gasteiger partial charge >= 0.3 is 21.4 Å². The van der Waals surface area contributed by atoms with Crippen molar-refractivity contribution in [3.05, 3.63) is 67.3 Å². The molecular formula is C16H14N2O7S. The molecule has 9 nitrogen and oxygen atoms in total. The molecule has 0 saturated carbocycles. The van der Waals surface area contributed by atoms with Crippen LogP contribution in [0.1, 0.15) is 5.69 Å². The zero-order valence-electron chi connectivity index (χ0n) is 14.0. The molecule has 0 fully saturated rings. The molecule has 0 bridgehead atoms. The van der Waals surface area contributed by atoms with Crippen LogP contribution in [-0.4, -0.2) is 17.6 Å². The first-order chi connectivity index (χ1) is 12.1. The number of rotatable bonds is 3. The molecule has 0 saturated heterocycles. The first kappa shape index (κ1) is 17.7. The molecule has 1 aromatic carbocycles. The average Bonchev–Trinajstić information content (AvgIpc) is 2.57. The molecule has 10 heteroatoms. The third-order valence-electron chi connectivity index (χ3n) is 3.95. The van der Waals surface area contributed by atoms with Crippen LogP contribution in [0, 0.1) is 6.92 Å². The fraction of sp³-hybridized carbons (Fsp3) is 0.188. The molecule has 3 rings (SSSR count). The van der Waals surface area contributed by atoms with E-state index >= 15 is 0 Å². The highest BCUT2D eigenvalue weighted by Crippen LogP contribution is 2.23. The number of hydrogen-bond acceptors (Lipinski definition) is 7. The third-order valence-corrected chi connectivity index (χ3v) is 5.34. The van der Waals surface area contributed by atoms with Gasteiger partial charge in [-0.25, -0.2) is 9.59 Å². The molecule has 0 atom stereocenters. The van der Waals surface area contributed by atoms with Crippen LogP contribution in [0.3, 0.4) is 0 Å². The molecule has 136 valence electrons. The maximum absolute atomic E-state index is 12.6. The summed E-state index contributed by atoms with van der Waals surface area (Å²) in [4.78, 5) is 34.8. The molecule has 26 heavy (non-hydrogen) atoms. The Hall–Kier alpha value is -3.14.